The summed E-state index contributed by atoms with van der Waals surface area (Å²) >= 11 is 11.7. The summed E-state index contributed by atoms with van der Waals surface area (Å²) in [5.74, 6) is -2.07. The summed E-state index contributed by atoms with van der Waals surface area (Å²) in [7, 11) is 0. The molecule has 0 aliphatic carbocycles. The zero-order chi connectivity index (χ0) is 19.6. The van der Waals surface area contributed by atoms with Crippen molar-refractivity contribution in [3.63, 3.8) is 0 Å². The molecule has 0 radical (unpaired) electrons. The highest BCUT2D eigenvalue weighted by Gasteiger charge is 2.19. The molecule has 138 valence electrons. The minimum absolute atomic E-state index is 0.185. The number of phenols is 2. The Balaban J connectivity index is 1.70. The molecule has 0 aromatic heterocycles. The van der Waals surface area contributed by atoms with E-state index in [9.17, 15) is 19.8 Å². The van der Waals surface area contributed by atoms with Crippen LogP contribution in [0.3, 0.4) is 0 Å². The number of rotatable bonds is 4. The number of aromatic hydroxyl groups is 2. The molecule has 8 heteroatoms. The van der Waals surface area contributed by atoms with Crippen molar-refractivity contribution >= 4 is 51.5 Å². The lowest BCUT2D eigenvalue weighted by Crippen LogP contribution is -2.21. The highest BCUT2D eigenvalue weighted by Crippen LogP contribution is 2.35. The van der Waals surface area contributed by atoms with Crippen LogP contribution in [0, 0.1) is 0 Å². The average Bonchev–Trinajstić information content (AvgIpc) is 2.66. The van der Waals surface area contributed by atoms with E-state index in [0.29, 0.717) is 21.5 Å². The summed E-state index contributed by atoms with van der Waals surface area (Å²) < 4.78 is 4.92. The van der Waals surface area contributed by atoms with E-state index in [4.69, 9.17) is 27.9 Å². The number of carbonyl (C=O) groups excluding carboxylic acids is 2. The molecule has 0 fully saturated rings. The van der Waals surface area contributed by atoms with E-state index in [-0.39, 0.29) is 22.1 Å². The molecule has 6 nitrogen and oxygen atoms in total. The zero-order valence-electron chi connectivity index (χ0n) is 13.7. The van der Waals surface area contributed by atoms with E-state index in [1.807, 2.05) is 0 Å². The van der Waals surface area contributed by atoms with Crippen LogP contribution >= 0.6 is 23.2 Å². The third kappa shape index (κ3) is 4.07. The normalized spacial score (nSPS) is 10.6. The molecule has 0 heterocycles. The monoisotopic (exact) mass is 405 g/mol. The highest BCUT2D eigenvalue weighted by atomic mass is 35.5. The largest absolute Gasteiger partial charge is 0.507 e. The summed E-state index contributed by atoms with van der Waals surface area (Å²) in [4.78, 5) is 24.1. The maximum absolute atomic E-state index is 12.2. The fourth-order valence-electron chi connectivity index (χ4n) is 2.48. The summed E-state index contributed by atoms with van der Waals surface area (Å²) in [6.45, 7) is -0.591. The van der Waals surface area contributed by atoms with Crippen LogP contribution in [0.5, 0.6) is 11.5 Å². The molecule has 0 bridgehead atoms. The summed E-state index contributed by atoms with van der Waals surface area (Å²) in [5, 5.41) is 24.1. The van der Waals surface area contributed by atoms with Gasteiger partial charge in [0, 0.05) is 16.5 Å². The van der Waals surface area contributed by atoms with Crippen LogP contribution in [0.25, 0.3) is 10.8 Å². The molecule has 1 amide bonds. The standard InChI is InChI=1S/C19H13Cl2NO5/c20-14-6-5-10(7-15(14)21)22-17(24)9-27-19(26)13-8-16(23)11-3-1-2-4-12(11)18(13)25/h1-8,23,25H,9H2,(H,22,24). The Hall–Kier alpha value is -2.96. The van der Waals surface area contributed by atoms with E-state index >= 15 is 0 Å². The summed E-state index contributed by atoms with van der Waals surface area (Å²) in [5.41, 5.74) is 0.144. The molecule has 0 aliphatic heterocycles. The van der Waals surface area contributed by atoms with Crippen LogP contribution in [0.4, 0.5) is 5.69 Å². The lowest BCUT2D eigenvalue weighted by molar-refractivity contribution is -0.119. The number of hydrogen-bond donors (Lipinski definition) is 3. The highest BCUT2D eigenvalue weighted by molar-refractivity contribution is 6.42. The number of anilines is 1. The predicted octanol–water partition coefficient (Wildman–Crippen LogP) is 4.35. The predicted molar refractivity (Wildman–Crippen MR) is 103 cm³/mol. The number of ether oxygens (including phenoxy) is 1. The number of nitrogens with one attached hydrogen (secondary N) is 1. The van der Waals surface area contributed by atoms with Crippen LogP contribution in [0.1, 0.15) is 10.4 Å². The molecule has 0 unspecified atom stereocenters. The Morgan fingerprint density at radius 2 is 1.67 bits per heavy atom. The molecule has 0 saturated carbocycles. The van der Waals surface area contributed by atoms with Gasteiger partial charge in [-0.3, -0.25) is 4.79 Å². The van der Waals surface area contributed by atoms with Gasteiger partial charge in [-0.2, -0.15) is 0 Å². The van der Waals surface area contributed by atoms with Gasteiger partial charge in [-0.25, -0.2) is 4.79 Å². The molecule has 3 aromatic rings. The van der Waals surface area contributed by atoms with E-state index in [2.05, 4.69) is 5.32 Å². The second-order valence-electron chi connectivity index (χ2n) is 5.59. The molecule has 3 N–H and O–H groups in total. The minimum atomic E-state index is -0.946. The zero-order valence-corrected chi connectivity index (χ0v) is 15.2. The molecule has 3 aromatic carbocycles. The number of benzene rings is 3. The van der Waals surface area contributed by atoms with Crippen molar-refractivity contribution in [1.29, 1.82) is 0 Å². The number of amides is 1. The second-order valence-corrected chi connectivity index (χ2v) is 6.41. The van der Waals surface area contributed by atoms with Gasteiger partial charge in [-0.15, -0.1) is 0 Å². The van der Waals surface area contributed by atoms with Crippen molar-refractivity contribution in [1.82, 2.24) is 0 Å². The van der Waals surface area contributed by atoms with Crippen molar-refractivity contribution in [2.75, 3.05) is 11.9 Å². The van der Waals surface area contributed by atoms with Crippen LogP contribution in [-0.2, 0) is 9.53 Å². The Bertz CT molecular complexity index is 1050. The van der Waals surface area contributed by atoms with Crippen molar-refractivity contribution in [3.05, 3.63) is 64.1 Å². The molecule has 0 saturated heterocycles. The van der Waals surface area contributed by atoms with Crippen LogP contribution in [-0.4, -0.2) is 28.7 Å². The quantitative estimate of drug-likeness (QED) is 0.442. The van der Waals surface area contributed by atoms with Crippen molar-refractivity contribution in [3.8, 4) is 11.5 Å². The fourth-order valence-corrected chi connectivity index (χ4v) is 2.77. The lowest BCUT2D eigenvalue weighted by atomic mass is 10.0. The Morgan fingerprint density at radius 1 is 0.963 bits per heavy atom. The van der Waals surface area contributed by atoms with Crippen LogP contribution < -0.4 is 5.32 Å². The van der Waals surface area contributed by atoms with Gasteiger partial charge in [0.1, 0.15) is 17.1 Å². The van der Waals surface area contributed by atoms with E-state index < -0.39 is 18.5 Å². The smallest absolute Gasteiger partial charge is 0.342 e. The van der Waals surface area contributed by atoms with Crippen molar-refractivity contribution in [2.45, 2.75) is 0 Å². The third-order valence-electron chi connectivity index (χ3n) is 3.75. The van der Waals surface area contributed by atoms with Gasteiger partial charge in [0.15, 0.2) is 6.61 Å². The number of fused-ring (bicyclic) bond motifs is 1. The maximum atomic E-state index is 12.2. The molecule has 0 atom stereocenters. The maximum Gasteiger partial charge on any atom is 0.342 e. The molecule has 0 aliphatic rings. The molecule has 0 spiro atoms. The van der Waals surface area contributed by atoms with E-state index in [1.54, 1.807) is 30.3 Å². The van der Waals surface area contributed by atoms with Gasteiger partial charge in [0.05, 0.1) is 10.0 Å². The van der Waals surface area contributed by atoms with Crippen LogP contribution in [0.2, 0.25) is 10.0 Å². The average molecular weight is 406 g/mol. The van der Waals surface area contributed by atoms with Crippen LogP contribution in [0.15, 0.2) is 48.5 Å². The number of phenolic OH excluding ortho intramolecular Hbond substituents is 2. The molecule has 3 rings (SSSR count). The SMILES string of the molecule is O=C(COC(=O)c1cc(O)c2ccccc2c1O)Nc1ccc(Cl)c(Cl)c1. The first-order chi connectivity index (χ1) is 12.9. The minimum Gasteiger partial charge on any atom is -0.507 e. The number of esters is 1. The first kappa shape index (κ1) is 18.8. The number of halogens is 2. The summed E-state index contributed by atoms with van der Waals surface area (Å²) in [6, 6.07) is 12.1. The van der Waals surface area contributed by atoms with Gasteiger partial charge < -0.3 is 20.3 Å². The van der Waals surface area contributed by atoms with Gasteiger partial charge in [-0.1, -0.05) is 47.5 Å². The third-order valence-corrected chi connectivity index (χ3v) is 4.49. The lowest BCUT2D eigenvalue weighted by Gasteiger charge is -2.10. The Morgan fingerprint density at radius 3 is 2.37 bits per heavy atom. The second kappa shape index (κ2) is 7.73. The van der Waals surface area contributed by atoms with Gasteiger partial charge in [0.25, 0.3) is 5.91 Å². The number of carbonyl (C=O) groups is 2. The first-order valence-electron chi connectivity index (χ1n) is 7.72. The van der Waals surface area contributed by atoms with Gasteiger partial charge in [0.2, 0.25) is 0 Å². The fraction of sp³-hybridized carbons (Fsp3) is 0.0526. The topological polar surface area (TPSA) is 95.9 Å². The van der Waals surface area contributed by atoms with E-state index in [0.717, 1.165) is 6.07 Å². The van der Waals surface area contributed by atoms with Gasteiger partial charge >= 0.3 is 5.97 Å². The van der Waals surface area contributed by atoms with Crippen molar-refractivity contribution in [2.24, 2.45) is 0 Å². The summed E-state index contributed by atoms with van der Waals surface area (Å²) in [6.07, 6.45) is 0. The molecular formula is C19H13Cl2NO5. The molecule has 27 heavy (non-hydrogen) atoms. The van der Waals surface area contributed by atoms with E-state index in [1.165, 1.54) is 12.1 Å². The Kier molecular flexibility index (Phi) is 5.39. The number of hydrogen-bond acceptors (Lipinski definition) is 5. The first-order valence-corrected chi connectivity index (χ1v) is 8.48. The van der Waals surface area contributed by atoms with Gasteiger partial charge in [-0.05, 0) is 24.3 Å². The Labute approximate surface area is 163 Å². The van der Waals surface area contributed by atoms with Crippen molar-refractivity contribution < 1.29 is 24.5 Å². The molecular weight excluding hydrogens is 393 g/mol.